The predicted octanol–water partition coefficient (Wildman–Crippen LogP) is 2.46. The van der Waals surface area contributed by atoms with Crippen LogP contribution in [0.4, 0.5) is 0 Å². The average Bonchev–Trinajstić information content (AvgIpc) is 3.32. The number of likely N-dealkylation sites (tertiary alicyclic amines) is 1. The molecule has 2 heterocycles. The molecule has 3 rings (SSSR count). The van der Waals surface area contributed by atoms with Crippen molar-refractivity contribution in [3.05, 3.63) is 30.0 Å². The van der Waals surface area contributed by atoms with E-state index in [0.717, 1.165) is 35.1 Å². The van der Waals surface area contributed by atoms with Crippen LogP contribution in [-0.2, 0) is 16.0 Å². The van der Waals surface area contributed by atoms with Gasteiger partial charge in [-0.25, -0.2) is 0 Å². The number of benzene rings is 1. The molecule has 158 valence electrons. The first kappa shape index (κ1) is 21.2. The maximum Gasteiger partial charge on any atom is 0.245 e. The lowest BCUT2D eigenvalue weighted by atomic mass is 9.99. The minimum atomic E-state index is -0.647. The summed E-state index contributed by atoms with van der Waals surface area (Å²) in [5.41, 5.74) is 7.54. The molecule has 7 heteroatoms. The van der Waals surface area contributed by atoms with Gasteiger partial charge in [0.1, 0.15) is 17.4 Å². The zero-order valence-corrected chi connectivity index (χ0v) is 17.6. The van der Waals surface area contributed by atoms with Gasteiger partial charge in [-0.15, -0.1) is 0 Å². The van der Waals surface area contributed by atoms with E-state index in [1.165, 1.54) is 0 Å². The first-order chi connectivity index (χ1) is 13.8. The molecule has 3 N–H and O–H groups in total. The second-order valence-corrected chi connectivity index (χ2v) is 8.17. The highest BCUT2D eigenvalue weighted by Gasteiger charge is 2.36. The van der Waals surface area contributed by atoms with Gasteiger partial charge in [-0.05, 0) is 50.3 Å². The number of hydrogen-bond acceptors (Lipinski definition) is 5. The standard InChI is InChI=1S/C22H31N3O4/c1-13(2)20(24-21(26)14(3)23)22(27)25-9-5-6-16(25)10-15-12-29-19-8-7-17(28-4)11-18(15)19/h7-8,11-14,16,20H,5-6,9-10,23H2,1-4H3,(H,24,26). The molecule has 0 radical (unpaired) electrons. The maximum absolute atomic E-state index is 13.3. The van der Waals surface area contributed by atoms with Crippen molar-refractivity contribution in [3.63, 3.8) is 0 Å². The predicted molar refractivity (Wildman–Crippen MR) is 112 cm³/mol. The Bertz CT molecular complexity index is 874. The molecule has 0 aliphatic carbocycles. The highest BCUT2D eigenvalue weighted by Crippen LogP contribution is 2.30. The minimum Gasteiger partial charge on any atom is -0.497 e. The zero-order chi connectivity index (χ0) is 21.1. The van der Waals surface area contributed by atoms with Gasteiger partial charge in [0.05, 0.1) is 19.4 Å². The van der Waals surface area contributed by atoms with Crippen LogP contribution in [0.3, 0.4) is 0 Å². The number of furan rings is 1. The van der Waals surface area contributed by atoms with Crippen molar-refractivity contribution in [3.8, 4) is 5.75 Å². The van der Waals surface area contributed by atoms with Crippen molar-refractivity contribution in [2.24, 2.45) is 11.7 Å². The molecule has 1 aromatic heterocycles. The third kappa shape index (κ3) is 4.56. The monoisotopic (exact) mass is 401 g/mol. The van der Waals surface area contributed by atoms with E-state index in [2.05, 4.69) is 5.32 Å². The highest BCUT2D eigenvalue weighted by molar-refractivity contribution is 5.90. The Morgan fingerprint density at radius 3 is 2.76 bits per heavy atom. The summed E-state index contributed by atoms with van der Waals surface area (Å²) < 4.78 is 11.0. The molecule has 2 amide bonds. The molecule has 2 aromatic rings. The molecule has 1 saturated heterocycles. The van der Waals surface area contributed by atoms with Crippen LogP contribution in [0.15, 0.2) is 28.9 Å². The molecule has 1 aromatic carbocycles. The third-order valence-corrected chi connectivity index (χ3v) is 5.62. The fourth-order valence-corrected chi connectivity index (χ4v) is 3.91. The fourth-order valence-electron chi connectivity index (χ4n) is 3.91. The Balaban J connectivity index is 1.78. The van der Waals surface area contributed by atoms with Crippen molar-refractivity contribution >= 4 is 22.8 Å². The molecular formula is C22H31N3O4. The van der Waals surface area contributed by atoms with E-state index in [1.54, 1.807) is 20.3 Å². The number of rotatable bonds is 7. The van der Waals surface area contributed by atoms with Crippen molar-refractivity contribution in [2.75, 3.05) is 13.7 Å². The Morgan fingerprint density at radius 1 is 1.34 bits per heavy atom. The summed E-state index contributed by atoms with van der Waals surface area (Å²) in [6, 6.07) is 4.58. The number of hydrogen-bond donors (Lipinski definition) is 2. The lowest BCUT2D eigenvalue weighted by molar-refractivity contribution is -0.138. The third-order valence-electron chi connectivity index (χ3n) is 5.62. The first-order valence-electron chi connectivity index (χ1n) is 10.2. The second kappa shape index (κ2) is 8.86. The summed E-state index contributed by atoms with van der Waals surface area (Å²) in [5.74, 6) is 0.408. The van der Waals surface area contributed by atoms with Crippen LogP contribution in [-0.4, -0.2) is 48.5 Å². The van der Waals surface area contributed by atoms with E-state index in [0.29, 0.717) is 13.0 Å². The SMILES string of the molecule is COc1ccc2occ(CC3CCCN3C(=O)C(NC(=O)C(C)N)C(C)C)c2c1. The number of methoxy groups -OCH3 is 1. The van der Waals surface area contributed by atoms with E-state index in [1.807, 2.05) is 36.9 Å². The van der Waals surface area contributed by atoms with Gasteiger partial charge in [-0.3, -0.25) is 9.59 Å². The van der Waals surface area contributed by atoms with Crippen LogP contribution in [0.1, 0.15) is 39.2 Å². The Hall–Kier alpha value is -2.54. The molecule has 1 aliphatic rings. The Labute approximate surface area is 171 Å². The minimum absolute atomic E-state index is 0.0227. The fraction of sp³-hybridized carbons (Fsp3) is 0.545. The summed E-state index contributed by atoms with van der Waals surface area (Å²) in [6.45, 7) is 6.18. The lowest BCUT2D eigenvalue weighted by Gasteiger charge is -2.31. The number of nitrogens with two attached hydrogens (primary N) is 1. The van der Waals surface area contributed by atoms with E-state index >= 15 is 0 Å². The summed E-state index contributed by atoms with van der Waals surface area (Å²) in [5, 5.41) is 3.84. The van der Waals surface area contributed by atoms with E-state index < -0.39 is 12.1 Å². The lowest BCUT2D eigenvalue weighted by Crippen LogP contribution is -2.55. The smallest absolute Gasteiger partial charge is 0.245 e. The van der Waals surface area contributed by atoms with Crippen LogP contribution in [0.5, 0.6) is 5.75 Å². The number of amides is 2. The van der Waals surface area contributed by atoms with Crippen molar-refractivity contribution in [2.45, 2.75) is 58.2 Å². The van der Waals surface area contributed by atoms with Crippen molar-refractivity contribution in [1.82, 2.24) is 10.2 Å². The number of carbonyl (C=O) groups is 2. The Morgan fingerprint density at radius 2 is 2.10 bits per heavy atom. The van der Waals surface area contributed by atoms with E-state index in [9.17, 15) is 9.59 Å². The topological polar surface area (TPSA) is 97.8 Å². The van der Waals surface area contributed by atoms with Crippen LogP contribution >= 0.6 is 0 Å². The summed E-state index contributed by atoms with van der Waals surface area (Å²) in [6.07, 6.45) is 4.34. The second-order valence-electron chi connectivity index (χ2n) is 8.17. The average molecular weight is 402 g/mol. The van der Waals surface area contributed by atoms with Gasteiger partial charge in [0, 0.05) is 23.5 Å². The van der Waals surface area contributed by atoms with Crippen LogP contribution in [0, 0.1) is 5.92 Å². The molecule has 7 nitrogen and oxygen atoms in total. The molecule has 3 atom stereocenters. The summed E-state index contributed by atoms with van der Waals surface area (Å²) in [4.78, 5) is 27.3. The molecular weight excluding hydrogens is 370 g/mol. The van der Waals surface area contributed by atoms with Gasteiger partial charge in [0.25, 0.3) is 0 Å². The quantitative estimate of drug-likeness (QED) is 0.743. The molecule has 3 unspecified atom stereocenters. The summed E-state index contributed by atoms with van der Waals surface area (Å²) >= 11 is 0. The van der Waals surface area contributed by atoms with Gasteiger partial charge in [0.2, 0.25) is 11.8 Å². The van der Waals surface area contributed by atoms with Gasteiger partial charge in [-0.2, -0.15) is 0 Å². The van der Waals surface area contributed by atoms with Crippen LogP contribution < -0.4 is 15.8 Å². The van der Waals surface area contributed by atoms with Gasteiger partial charge in [0.15, 0.2) is 0 Å². The molecule has 1 aliphatic heterocycles. The number of ether oxygens (including phenoxy) is 1. The number of nitrogens with one attached hydrogen (secondary N) is 1. The van der Waals surface area contributed by atoms with Gasteiger partial charge >= 0.3 is 0 Å². The van der Waals surface area contributed by atoms with Crippen molar-refractivity contribution < 1.29 is 18.7 Å². The number of carbonyl (C=O) groups excluding carboxylic acids is 2. The van der Waals surface area contributed by atoms with Gasteiger partial charge in [-0.1, -0.05) is 13.8 Å². The molecule has 0 spiro atoms. The van der Waals surface area contributed by atoms with Crippen LogP contribution in [0.2, 0.25) is 0 Å². The number of nitrogens with zero attached hydrogens (tertiary/aromatic N) is 1. The normalized spacial score (nSPS) is 18.8. The van der Waals surface area contributed by atoms with Crippen LogP contribution in [0.25, 0.3) is 11.0 Å². The molecule has 29 heavy (non-hydrogen) atoms. The molecule has 1 fully saturated rings. The zero-order valence-electron chi connectivity index (χ0n) is 17.6. The van der Waals surface area contributed by atoms with E-state index in [4.69, 9.17) is 14.9 Å². The Kier molecular flexibility index (Phi) is 6.47. The van der Waals surface area contributed by atoms with Gasteiger partial charge < -0.3 is 25.1 Å². The highest BCUT2D eigenvalue weighted by atomic mass is 16.5. The van der Waals surface area contributed by atoms with E-state index in [-0.39, 0.29) is 23.8 Å². The van der Waals surface area contributed by atoms with Crippen molar-refractivity contribution in [1.29, 1.82) is 0 Å². The molecule has 0 saturated carbocycles. The first-order valence-corrected chi connectivity index (χ1v) is 10.2. The maximum atomic E-state index is 13.3. The largest absolute Gasteiger partial charge is 0.497 e. The summed E-state index contributed by atoms with van der Waals surface area (Å²) in [7, 11) is 1.64. The molecule has 0 bridgehead atoms. The number of fused-ring (bicyclic) bond motifs is 1.